The molecule has 0 aromatic heterocycles. The van der Waals surface area contributed by atoms with Crippen molar-refractivity contribution in [2.45, 2.75) is 38.4 Å². The molecule has 0 atom stereocenters. The molecule has 120 valence electrons. The average Bonchev–Trinajstić information content (AvgIpc) is 2.38. The highest BCUT2D eigenvalue weighted by molar-refractivity contribution is 7.92. The lowest BCUT2D eigenvalue weighted by Crippen LogP contribution is -2.42. The summed E-state index contributed by atoms with van der Waals surface area (Å²) in [5.41, 5.74) is 0. The molecule has 1 rings (SSSR count). The van der Waals surface area contributed by atoms with E-state index in [1.54, 1.807) is 20.8 Å². The maximum Gasteiger partial charge on any atom is 0.223 e. The smallest absolute Gasteiger partial charge is 0.223 e. The molecule has 6 heteroatoms. The van der Waals surface area contributed by atoms with Crippen molar-refractivity contribution >= 4 is 15.7 Å². The Morgan fingerprint density at radius 2 is 1.90 bits per heavy atom. The SMILES string of the molecule is C#CCN1CCC(C(=O)NCCS(=O)(=O)C(C)(C)C)CC1. The van der Waals surface area contributed by atoms with Gasteiger partial charge in [-0.1, -0.05) is 5.92 Å². The number of nitrogens with one attached hydrogen (secondary N) is 1. The summed E-state index contributed by atoms with van der Waals surface area (Å²) in [5.74, 6) is 2.52. The predicted octanol–water partition coefficient (Wildman–Crippen LogP) is 0.661. The Morgan fingerprint density at radius 1 is 1.33 bits per heavy atom. The van der Waals surface area contributed by atoms with Gasteiger partial charge in [-0.05, 0) is 46.7 Å². The number of sulfone groups is 1. The van der Waals surface area contributed by atoms with Crippen LogP contribution in [-0.2, 0) is 14.6 Å². The molecular weight excluding hydrogens is 288 g/mol. The van der Waals surface area contributed by atoms with E-state index in [0.717, 1.165) is 25.9 Å². The lowest BCUT2D eigenvalue weighted by Gasteiger charge is -2.29. The van der Waals surface area contributed by atoms with Crippen molar-refractivity contribution in [1.29, 1.82) is 0 Å². The number of carbonyl (C=O) groups excluding carboxylic acids is 1. The van der Waals surface area contributed by atoms with E-state index < -0.39 is 14.6 Å². The van der Waals surface area contributed by atoms with E-state index in [1.165, 1.54) is 0 Å². The van der Waals surface area contributed by atoms with E-state index in [2.05, 4.69) is 16.1 Å². The lowest BCUT2D eigenvalue weighted by atomic mass is 9.96. The third kappa shape index (κ3) is 5.33. The van der Waals surface area contributed by atoms with Crippen LogP contribution in [0, 0.1) is 18.3 Å². The minimum atomic E-state index is -3.19. The Bertz CT molecular complexity index is 492. The van der Waals surface area contributed by atoms with Crippen molar-refractivity contribution in [3.63, 3.8) is 0 Å². The van der Waals surface area contributed by atoms with Crippen molar-refractivity contribution in [2.75, 3.05) is 31.9 Å². The molecule has 1 heterocycles. The molecule has 1 aliphatic heterocycles. The van der Waals surface area contributed by atoms with Crippen molar-refractivity contribution in [2.24, 2.45) is 5.92 Å². The van der Waals surface area contributed by atoms with Crippen LogP contribution in [-0.4, -0.2) is 55.9 Å². The Balaban J connectivity index is 2.35. The standard InChI is InChI=1S/C15H26N2O3S/c1-5-9-17-10-6-13(7-11-17)14(18)16-8-12-21(19,20)15(2,3)4/h1,13H,6-12H2,2-4H3,(H,16,18). The first kappa shape index (κ1) is 18.0. The van der Waals surface area contributed by atoms with E-state index in [1.807, 2.05) is 0 Å². The Hall–Kier alpha value is -1.06. The first-order valence-electron chi connectivity index (χ1n) is 7.33. The van der Waals surface area contributed by atoms with E-state index in [-0.39, 0.29) is 24.1 Å². The first-order valence-corrected chi connectivity index (χ1v) is 8.98. The molecule has 1 aliphatic rings. The van der Waals surface area contributed by atoms with Crippen LogP contribution in [0.3, 0.4) is 0 Å². The molecule has 0 spiro atoms. The summed E-state index contributed by atoms with van der Waals surface area (Å²) in [6.45, 7) is 7.47. The molecule has 0 bridgehead atoms. The van der Waals surface area contributed by atoms with Crippen molar-refractivity contribution in [3.8, 4) is 12.3 Å². The number of rotatable bonds is 5. The van der Waals surface area contributed by atoms with Gasteiger partial charge in [0, 0.05) is 12.5 Å². The molecule has 1 N–H and O–H groups in total. The molecule has 0 aliphatic carbocycles. The van der Waals surface area contributed by atoms with Gasteiger partial charge in [-0.3, -0.25) is 9.69 Å². The van der Waals surface area contributed by atoms with Crippen molar-refractivity contribution < 1.29 is 13.2 Å². The third-order valence-electron chi connectivity index (χ3n) is 3.88. The molecule has 0 saturated carbocycles. The lowest BCUT2D eigenvalue weighted by molar-refractivity contribution is -0.126. The van der Waals surface area contributed by atoms with Gasteiger partial charge >= 0.3 is 0 Å². The number of likely N-dealkylation sites (tertiary alicyclic amines) is 1. The fourth-order valence-electron chi connectivity index (χ4n) is 2.24. The van der Waals surface area contributed by atoms with Gasteiger partial charge in [-0.25, -0.2) is 8.42 Å². The van der Waals surface area contributed by atoms with E-state index >= 15 is 0 Å². The number of nitrogens with zero attached hydrogens (tertiary/aromatic N) is 1. The molecule has 0 aromatic rings. The van der Waals surface area contributed by atoms with Gasteiger partial charge < -0.3 is 5.32 Å². The van der Waals surface area contributed by atoms with Gasteiger partial charge in [-0.2, -0.15) is 0 Å². The maximum atomic E-state index is 12.0. The summed E-state index contributed by atoms with van der Waals surface area (Å²) in [5, 5.41) is 2.75. The number of carbonyl (C=O) groups is 1. The average molecular weight is 314 g/mol. The van der Waals surface area contributed by atoms with Crippen LogP contribution in [0.2, 0.25) is 0 Å². The Kier molecular flexibility index (Phi) is 6.24. The van der Waals surface area contributed by atoms with Gasteiger partial charge in [0.2, 0.25) is 5.91 Å². The molecular formula is C15H26N2O3S. The second-order valence-corrected chi connectivity index (χ2v) is 9.34. The van der Waals surface area contributed by atoms with E-state index in [4.69, 9.17) is 6.42 Å². The van der Waals surface area contributed by atoms with Crippen molar-refractivity contribution in [1.82, 2.24) is 10.2 Å². The van der Waals surface area contributed by atoms with Crippen LogP contribution in [0.25, 0.3) is 0 Å². The molecule has 0 aromatic carbocycles. The third-order valence-corrected chi connectivity index (χ3v) is 6.48. The minimum absolute atomic E-state index is 0.0157. The Labute approximate surface area is 128 Å². The summed E-state index contributed by atoms with van der Waals surface area (Å²) in [6, 6.07) is 0. The number of hydrogen-bond acceptors (Lipinski definition) is 4. The topological polar surface area (TPSA) is 66.5 Å². The fourth-order valence-corrected chi connectivity index (χ4v) is 3.22. The highest BCUT2D eigenvalue weighted by Crippen LogP contribution is 2.17. The molecule has 1 amide bonds. The van der Waals surface area contributed by atoms with Crippen LogP contribution < -0.4 is 5.32 Å². The van der Waals surface area contributed by atoms with Gasteiger partial charge in [0.25, 0.3) is 0 Å². The summed E-state index contributed by atoms with van der Waals surface area (Å²) >= 11 is 0. The Morgan fingerprint density at radius 3 is 2.38 bits per heavy atom. The van der Waals surface area contributed by atoms with Crippen LogP contribution in [0.4, 0.5) is 0 Å². The van der Waals surface area contributed by atoms with Crippen LogP contribution in [0.5, 0.6) is 0 Å². The molecule has 0 unspecified atom stereocenters. The highest BCUT2D eigenvalue weighted by atomic mass is 32.2. The second kappa shape index (κ2) is 7.28. The predicted molar refractivity (Wildman–Crippen MR) is 84.5 cm³/mol. The fraction of sp³-hybridized carbons (Fsp3) is 0.800. The van der Waals surface area contributed by atoms with Gasteiger partial charge in [0.1, 0.15) is 0 Å². The van der Waals surface area contributed by atoms with Gasteiger partial charge in [-0.15, -0.1) is 6.42 Å². The largest absolute Gasteiger partial charge is 0.355 e. The summed E-state index contributed by atoms with van der Waals surface area (Å²) < 4.78 is 23.1. The van der Waals surface area contributed by atoms with Crippen molar-refractivity contribution in [3.05, 3.63) is 0 Å². The van der Waals surface area contributed by atoms with Crippen LogP contribution in [0.15, 0.2) is 0 Å². The highest BCUT2D eigenvalue weighted by Gasteiger charge is 2.29. The van der Waals surface area contributed by atoms with E-state index in [0.29, 0.717) is 6.54 Å². The zero-order valence-corrected chi connectivity index (χ0v) is 14.0. The second-order valence-electron chi connectivity index (χ2n) is 6.48. The quantitative estimate of drug-likeness (QED) is 0.757. The number of amides is 1. The summed E-state index contributed by atoms with van der Waals surface area (Å²) in [6.07, 6.45) is 6.82. The molecule has 1 saturated heterocycles. The molecule has 5 nitrogen and oxygen atoms in total. The van der Waals surface area contributed by atoms with Crippen LogP contribution in [0.1, 0.15) is 33.6 Å². The molecule has 0 radical (unpaired) electrons. The molecule has 1 fully saturated rings. The summed E-state index contributed by atoms with van der Waals surface area (Å²) in [4.78, 5) is 14.2. The number of hydrogen-bond donors (Lipinski definition) is 1. The summed E-state index contributed by atoms with van der Waals surface area (Å²) in [7, 11) is -3.19. The van der Waals surface area contributed by atoms with Gasteiger partial charge in [0.05, 0.1) is 17.0 Å². The number of piperidine rings is 1. The first-order chi connectivity index (χ1) is 9.67. The number of terminal acetylenes is 1. The minimum Gasteiger partial charge on any atom is -0.355 e. The zero-order chi connectivity index (χ0) is 16.1. The molecule has 21 heavy (non-hydrogen) atoms. The normalized spacial score (nSPS) is 18.2. The zero-order valence-electron chi connectivity index (χ0n) is 13.2. The maximum absolute atomic E-state index is 12.0. The van der Waals surface area contributed by atoms with Crippen LogP contribution >= 0.6 is 0 Å². The monoisotopic (exact) mass is 314 g/mol. The van der Waals surface area contributed by atoms with Gasteiger partial charge in [0.15, 0.2) is 9.84 Å². The van der Waals surface area contributed by atoms with E-state index in [9.17, 15) is 13.2 Å².